The molecule has 0 bridgehead atoms. The molecule has 1 unspecified atom stereocenters. The van der Waals surface area contributed by atoms with Gasteiger partial charge in [0.2, 0.25) is 0 Å². The number of hydrogen-bond donors (Lipinski definition) is 1. The zero-order valence-electron chi connectivity index (χ0n) is 10.7. The van der Waals surface area contributed by atoms with E-state index in [0.717, 1.165) is 5.56 Å². The summed E-state index contributed by atoms with van der Waals surface area (Å²) in [4.78, 5) is 11.8. The van der Waals surface area contributed by atoms with E-state index in [1.54, 1.807) is 48.7 Å². The van der Waals surface area contributed by atoms with Crippen LogP contribution in [0.2, 0.25) is 5.02 Å². The van der Waals surface area contributed by atoms with Crippen molar-refractivity contribution >= 4 is 35.1 Å². The van der Waals surface area contributed by atoms with E-state index in [0.29, 0.717) is 10.8 Å². The zero-order chi connectivity index (χ0) is 14.4. The normalized spacial score (nSPS) is 12.3. The number of carbonyl (C=O) groups excluding carboxylic acids is 1. The van der Waals surface area contributed by atoms with Gasteiger partial charge < -0.3 is 4.74 Å². The third-order valence-corrected chi connectivity index (χ3v) is 3.38. The summed E-state index contributed by atoms with van der Waals surface area (Å²) >= 11 is 7.34. The van der Waals surface area contributed by atoms with Crippen LogP contribution in [0.4, 0.5) is 0 Å². The number of nitrogens with one attached hydrogen (secondary N) is 1. The maximum Gasteiger partial charge on any atom is 0.280 e. The minimum absolute atomic E-state index is 0.313. The Kier molecular flexibility index (Phi) is 5.15. The maximum absolute atomic E-state index is 11.8. The van der Waals surface area contributed by atoms with Crippen LogP contribution in [-0.2, 0) is 4.79 Å². The number of rotatable bonds is 5. The number of hydrazone groups is 1. The van der Waals surface area contributed by atoms with Crippen LogP contribution in [0, 0.1) is 0 Å². The van der Waals surface area contributed by atoms with Crippen LogP contribution in [0.5, 0.6) is 5.75 Å². The van der Waals surface area contributed by atoms with Crippen molar-refractivity contribution in [1.82, 2.24) is 5.43 Å². The highest BCUT2D eigenvalue weighted by atomic mass is 35.5. The number of halogens is 1. The van der Waals surface area contributed by atoms with Crippen molar-refractivity contribution in [2.24, 2.45) is 5.10 Å². The zero-order valence-corrected chi connectivity index (χ0v) is 12.3. The molecule has 0 aliphatic carbocycles. The highest BCUT2D eigenvalue weighted by Gasteiger charge is 2.13. The molecule has 1 aromatic heterocycles. The van der Waals surface area contributed by atoms with Crippen LogP contribution in [0.15, 0.2) is 46.2 Å². The highest BCUT2D eigenvalue weighted by molar-refractivity contribution is 7.08. The molecule has 0 saturated carbocycles. The fraction of sp³-hybridized carbons (Fsp3) is 0.143. The standard InChI is InChI=1S/C14H13ClN2O2S/c1-10(19-13-4-2-12(15)3-5-13)14(18)17-16-8-11-6-7-20-9-11/h2-10H,1H3,(H,17,18)/b16-8-. The highest BCUT2D eigenvalue weighted by Crippen LogP contribution is 2.16. The number of amides is 1. The molecular weight excluding hydrogens is 296 g/mol. The fourth-order valence-corrected chi connectivity index (χ4v) is 2.12. The number of nitrogens with zero attached hydrogens (tertiary/aromatic N) is 1. The van der Waals surface area contributed by atoms with Gasteiger partial charge in [-0.15, -0.1) is 0 Å². The topological polar surface area (TPSA) is 50.7 Å². The maximum atomic E-state index is 11.8. The van der Waals surface area contributed by atoms with Crippen molar-refractivity contribution < 1.29 is 9.53 Å². The lowest BCUT2D eigenvalue weighted by atomic mass is 10.3. The molecule has 1 amide bonds. The van der Waals surface area contributed by atoms with Crippen LogP contribution < -0.4 is 10.2 Å². The van der Waals surface area contributed by atoms with Gasteiger partial charge in [-0.2, -0.15) is 16.4 Å². The number of thiophene rings is 1. The van der Waals surface area contributed by atoms with Gasteiger partial charge >= 0.3 is 0 Å². The molecule has 2 rings (SSSR count). The Morgan fingerprint density at radius 2 is 2.15 bits per heavy atom. The van der Waals surface area contributed by atoms with Gasteiger partial charge in [0.15, 0.2) is 6.10 Å². The molecule has 1 heterocycles. The van der Waals surface area contributed by atoms with Gasteiger partial charge in [-0.3, -0.25) is 4.79 Å². The Hall–Kier alpha value is -1.85. The molecule has 0 saturated heterocycles. The molecule has 6 heteroatoms. The van der Waals surface area contributed by atoms with E-state index >= 15 is 0 Å². The Bertz CT molecular complexity index is 582. The molecule has 4 nitrogen and oxygen atoms in total. The summed E-state index contributed by atoms with van der Waals surface area (Å²) in [5.41, 5.74) is 3.38. The van der Waals surface area contributed by atoms with Crippen LogP contribution in [0.25, 0.3) is 0 Å². The number of carbonyl (C=O) groups is 1. The summed E-state index contributed by atoms with van der Waals surface area (Å²) < 4.78 is 5.48. The van der Waals surface area contributed by atoms with Crippen LogP contribution in [0.1, 0.15) is 12.5 Å². The van der Waals surface area contributed by atoms with Gasteiger partial charge in [-0.05, 0) is 48.0 Å². The third-order valence-electron chi connectivity index (χ3n) is 2.43. The molecule has 0 aliphatic rings. The summed E-state index contributed by atoms with van der Waals surface area (Å²) in [7, 11) is 0. The van der Waals surface area contributed by atoms with E-state index in [4.69, 9.17) is 16.3 Å². The average Bonchev–Trinajstić information content (AvgIpc) is 2.94. The Balaban J connectivity index is 1.84. The SMILES string of the molecule is CC(Oc1ccc(Cl)cc1)C(=O)N/N=C\c1ccsc1. The second-order valence-electron chi connectivity index (χ2n) is 4.00. The first-order valence-electron chi connectivity index (χ1n) is 5.92. The van der Waals surface area contributed by atoms with Crippen molar-refractivity contribution in [2.75, 3.05) is 0 Å². The molecule has 104 valence electrons. The molecule has 20 heavy (non-hydrogen) atoms. The van der Waals surface area contributed by atoms with Crippen molar-refractivity contribution in [1.29, 1.82) is 0 Å². The molecule has 1 atom stereocenters. The van der Waals surface area contributed by atoms with Crippen LogP contribution >= 0.6 is 22.9 Å². The number of ether oxygens (including phenoxy) is 1. The van der Waals surface area contributed by atoms with Gasteiger partial charge in [0.25, 0.3) is 5.91 Å². The summed E-state index contributed by atoms with van der Waals surface area (Å²) in [5.74, 6) is 0.269. The largest absolute Gasteiger partial charge is 0.481 e. The second kappa shape index (κ2) is 7.07. The van der Waals surface area contributed by atoms with E-state index in [1.807, 2.05) is 16.8 Å². The van der Waals surface area contributed by atoms with Gasteiger partial charge in [-0.25, -0.2) is 5.43 Å². The van der Waals surface area contributed by atoms with E-state index in [1.165, 1.54) is 0 Å². The molecule has 1 N–H and O–H groups in total. The minimum atomic E-state index is -0.643. The lowest BCUT2D eigenvalue weighted by Crippen LogP contribution is -2.33. The van der Waals surface area contributed by atoms with E-state index < -0.39 is 6.10 Å². The first kappa shape index (κ1) is 14.6. The monoisotopic (exact) mass is 308 g/mol. The van der Waals surface area contributed by atoms with Crippen molar-refractivity contribution in [2.45, 2.75) is 13.0 Å². The number of hydrogen-bond acceptors (Lipinski definition) is 4. The summed E-state index contributed by atoms with van der Waals surface area (Å²) in [5, 5.41) is 8.37. The first-order chi connectivity index (χ1) is 9.65. The van der Waals surface area contributed by atoms with Gasteiger partial charge in [-0.1, -0.05) is 11.6 Å². The fourth-order valence-electron chi connectivity index (χ4n) is 1.38. The Morgan fingerprint density at radius 3 is 2.80 bits per heavy atom. The summed E-state index contributed by atoms with van der Waals surface area (Å²) in [6, 6.07) is 8.74. The molecule has 1 aromatic carbocycles. The first-order valence-corrected chi connectivity index (χ1v) is 7.24. The molecular formula is C14H13ClN2O2S. The summed E-state index contributed by atoms with van der Waals surface area (Å²) in [6.07, 6.45) is 0.944. The average molecular weight is 309 g/mol. The van der Waals surface area contributed by atoms with E-state index in [-0.39, 0.29) is 5.91 Å². The lowest BCUT2D eigenvalue weighted by Gasteiger charge is -2.12. The molecule has 0 spiro atoms. The number of benzene rings is 1. The molecule has 0 fully saturated rings. The minimum Gasteiger partial charge on any atom is -0.481 e. The molecule has 0 aliphatic heterocycles. The van der Waals surface area contributed by atoms with E-state index in [2.05, 4.69) is 10.5 Å². The Labute approximate surface area is 126 Å². The molecule has 0 radical (unpaired) electrons. The third kappa shape index (κ3) is 4.36. The molecule has 2 aromatic rings. The summed E-state index contributed by atoms with van der Waals surface area (Å²) in [6.45, 7) is 1.66. The van der Waals surface area contributed by atoms with Crippen molar-refractivity contribution in [3.05, 3.63) is 51.7 Å². The smallest absolute Gasteiger partial charge is 0.280 e. The lowest BCUT2D eigenvalue weighted by molar-refractivity contribution is -0.127. The van der Waals surface area contributed by atoms with Gasteiger partial charge in [0.05, 0.1) is 6.21 Å². The van der Waals surface area contributed by atoms with Crippen molar-refractivity contribution in [3.63, 3.8) is 0 Å². The second-order valence-corrected chi connectivity index (χ2v) is 5.22. The van der Waals surface area contributed by atoms with Crippen LogP contribution in [-0.4, -0.2) is 18.2 Å². The van der Waals surface area contributed by atoms with Crippen LogP contribution in [0.3, 0.4) is 0 Å². The van der Waals surface area contributed by atoms with E-state index in [9.17, 15) is 4.79 Å². The predicted molar refractivity (Wildman–Crippen MR) is 81.6 cm³/mol. The van der Waals surface area contributed by atoms with Gasteiger partial charge in [0, 0.05) is 10.6 Å². The quantitative estimate of drug-likeness (QED) is 0.680. The van der Waals surface area contributed by atoms with Gasteiger partial charge in [0.1, 0.15) is 5.75 Å². The Morgan fingerprint density at radius 1 is 1.40 bits per heavy atom. The van der Waals surface area contributed by atoms with Crippen molar-refractivity contribution in [3.8, 4) is 5.75 Å². The predicted octanol–water partition coefficient (Wildman–Crippen LogP) is 3.32.